The molecule has 1 aliphatic carbocycles. The molecule has 4 nitrogen and oxygen atoms in total. The summed E-state index contributed by atoms with van der Waals surface area (Å²) in [4.78, 5) is 4.26. The highest BCUT2D eigenvalue weighted by Gasteiger charge is 2.43. The summed E-state index contributed by atoms with van der Waals surface area (Å²) in [6.07, 6.45) is 2.86. The van der Waals surface area contributed by atoms with Crippen molar-refractivity contribution in [2.24, 2.45) is 11.1 Å². The summed E-state index contributed by atoms with van der Waals surface area (Å²) in [5.41, 5.74) is 8.41. The highest BCUT2D eigenvalue weighted by molar-refractivity contribution is 5.73. The van der Waals surface area contributed by atoms with Crippen LogP contribution in [-0.2, 0) is 0 Å². The number of benzene rings is 1. The van der Waals surface area contributed by atoms with E-state index in [4.69, 9.17) is 10.2 Å². The van der Waals surface area contributed by atoms with Crippen molar-refractivity contribution < 1.29 is 4.42 Å². The van der Waals surface area contributed by atoms with E-state index in [2.05, 4.69) is 11.1 Å². The normalized spacial score (nSPS) is 19.2. The van der Waals surface area contributed by atoms with Gasteiger partial charge in [0.2, 0.25) is 0 Å². The smallest absolute Gasteiger partial charge is 0.192 e. The number of fused-ring (bicyclic) bond motifs is 1. The Hall–Kier alpha value is -1.86. The summed E-state index contributed by atoms with van der Waals surface area (Å²) in [7, 11) is 0. The second-order valence-corrected chi connectivity index (χ2v) is 5.06. The van der Waals surface area contributed by atoms with Crippen LogP contribution in [0.3, 0.4) is 0 Å². The van der Waals surface area contributed by atoms with Gasteiger partial charge in [0.05, 0.1) is 11.5 Å². The Kier molecular flexibility index (Phi) is 2.39. The molecule has 0 saturated heterocycles. The predicted octanol–water partition coefficient (Wildman–Crippen LogP) is 2.83. The Morgan fingerprint density at radius 2 is 2.28 bits per heavy atom. The van der Waals surface area contributed by atoms with Gasteiger partial charge in [-0.1, -0.05) is 12.5 Å². The largest absolute Gasteiger partial charge is 0.441 e. The molecule has 0 aliphatic heterocycles. The van der Waals surface area contributed by atoms with Gasteiger partial charge in [-0.05, 0) is 30.5 Å². The van der Waals surface area contributed by atoms with E-state index in [9.17, 15) is 5.26 Å². The van der Waals surface area contributed by atoms with Crippen molar-refractivity contribution in [2.45, 2.75) is 32.2 Å². The van der Waals surface area contributed by atoms with Crippen molar-refractivity contribution in [3.8, 4) is 6.07 Å². The average molecular weight is 241 g/mol. The lowest BCUT2D eigenvalue weighted by Gasteiger charge is -2.40. The minimum absolute atomic E-state index is 0.244. The fourth-order valence-electron chi connectivity index (χ4n) is 2.62. The van der Waals surface area contributed by atoms with Gasteiger partial charge < -0.3 is 10.2 Å². The molecule has 1 aliphatic rings. The third-order valence-corrected chi connectivity index (χ3v) is 3.94. The first kappa shape index (κ1) is 11.2. The number of hydrogen-bond acceptors (Lipinski definition) is 4. The van der Waals surface area contributed by atoms with E-state index in [1.807, 2.05) is 25.1 Å². The fourth-order valence-corrected chi connectivity index (χ4v) is 2.62. The topological polar surface area (TPSA) is 75.8 Å². The number of nitrogens with two attached hydrogens (primary N) is 1. The van der Waals surface area contributed by atoms with Gasteiger partial charge in [-0.2, -0.15) is 5.26 Å². The molecule has 0 bridgehead atoms. The van der Waals surface area contributed by atoms with E-state index in [1.54, 1.807) is 0 Å². The van der Waals surface area contributed by atoms with Crippen LogP contribution >= 0.6 is 0 Å². The highest BCUT2D eigenvalue weighted by atomic mass is 16.3. The van der Waals surface area contributed by atoms with Gasteiger partial charge in [-0.15, -0.1) is 0 Å². The van der Waals surface area contributed by atoms with Gasteiger partial charge >= 0.3 is 0 Å². The highest BCUT2D eigenvalue weighted by Crippen LogP contribution is 2.48. The fraction of sp³-hybridized carbons (Fsp3) is 0.429. The number of aromatic nitrogens is 1. The maximum atomic E-state index is 9.32. The molecule has 4 heteroatoms. The lowest BCUT2D eigenvalue weighted by atomic mass is 9.64. The van der Waals surface area contributed by atoms with E-state index < -0.39 is 0 Å². The monoisotopic (exact) mass is 241 g/mol. The first-order valence-corrected chi connectivity index (χ1v) is 6.18. The van der Waals surface area contributed by atoms with Gasteiger partial charge in [0, 0.05) is 13.0 Å². The minimum Gasteiger partial charge on any atom is -0.441 e. The van der Waals surface area contributed by atoms with Crippen molar-refractivity contribution in [1.29, 1.82) is 5.26 Å². The summed E-state index contributed by atoms with van der Waals surface area (Å²) in [5.74, 6) is 0.648. The molecule has 1 heterocycles. The Balaban J connectivity index is 2.01. The van der Waals surface area contributed by atoms with Crippen LogP contribution in [0.1, 0.15) is 36.8 Å². The Morgan fingerprint density at radius 3 is 2.89 bits per heavy atom. The molecule has 1 fully saturated rings. The van der Waals surface area contributed by atoms with Crippen molar-refractivity contribution in [2.75, 3.05) is 0 Å². The van der Waals surface area contributed by atoms with E-state index in [-0.39, 0.29) is 11.5 Å². The number of oxazole rings is 1. The molecular weight excluding hydrogens is 226 g/mol. The second kappa shape index (κ2) is 3.82. The van der Waals surface area contributed by atoms with Gasteiger partial charge in [0.1, 0.15) is 5.52 Å². The summed E-state index contributed by atoms with van der Waals surface area (Å²) in [6, 6.07) is 7.92. The van der Waals surface area contributed by atoms with Crippen molar-refractivity contribution in [3.63, 3.8) is 0 Å². The lowest BCUT2D eigenvalue weighted by Crippen LogP contribution is -2.39. The number of aryl methyl sites for hydroxylation is 1. The first-order chi connectivity index (χ1) is 8.64. The Bertz CT molecular complexity index is 634. The summed E-state index contributed by atoms with van der Waals surface area (Å²) >= 11 is 0. The van der Waals surface area contributed by atoms with Crippen LogP contribution in [0.5, 0.6) is 0 Å². The summed E-state index contributed by atoms with van der Waals surface area (Å²) in [6.45, 7) is 1.82. The molecule has 0 radical (unpaired) electrons. The van der Waals surface area contributed by atoms with E-state index >= 15 is 0 Å². The van der Waals surface area contributed by atoms with Crippen molar-refractivity contribution in [1.82, 2.24) is 4.98 Å². The third-order valence-electron chi connectivity index (χ3n) is 3.94. The zero-order chi connectivity index (χ0) is 12.8. The summed E-state index contributed by atoms with van der Waals surface area (Å²) in [5, 5.41) is 9.32. The minimum atomic E-state index is -0.386. The second-order valence-electron chi connectivity index (χ2n) is 5.06. The molecule has 92 valence electrons. The van der Waals surface area contributed by atoms with E-state index in [0.717, 1.165) is 35.9 Å². The van der Waals surface area contributed by atoms with E-state index in [0.29, 0.717) is 5.89 Å². The molecule has 1 atom stereocenters. The molecule has 2 N–H and O–H groups in total. The average Bonchev–Trinajstić information content (AvgIpc) is 2.67. The standard InChI is InChI=1S/C14H15N3O/c1-9-17-11-4-3-10(7-12(11)18-9)13(16)14(8-15)5-2-6-14/h3-4,7,13H,2,5-6,16H2,1H3. The molecule has 3 rings (SSSR count). The van der Waals surface area contributed by atoms with Gasteiger partial charge in [0.25, 0.3) is 0 Å². The molecule has 1 saturated carbocycles. The first-order valence-electron chi connectivity index (χ1n) is 6.18. The summed E-state index contributed by atoms with van der Waals surface area (Å²) < 4.78 is 5.51. The molecular formula is C14H15N3O. The quantitative estimate of drug-likeness (QED) is 0.877. The van der Waals surface area contributed by atoms with Crippen molar-refractivity contribution >= 4 is 11.1 Å². The number of rotatable bonds is 2. The van der Waals surface area contributed by atoms with E-state index in [1.165, 1.54) is 0 Å². The Labute approximate surface area is 105 Å². The number of nitriles is 1. The van der Waals surface area contributed by atoms with Gasteiger partial charge in [-0.3, -0.25) is 0 Å². The van der Waals surface area contributed by atoms with Gasteiger partial charge in [0.15, 0.2) is 11.5 Å². The molecule has 1 unspecified atom stereocenters. The molecule has 0 amide bonds. The molecule has 0 spiro atoms. The van der Waals surface area contributed by atoms with Crippen LogP contribution in [0.2, 0.25) is 0 Å². The SMILES string of the molecule is Cc1nc2ccc(C(N)C3(C#N)CCC3)cc2o1. The molecule has 2 aromatic rings. The maximum absolute atomic E-state index is 9.32. The molecule has 1 aromatic heterocycles. The predicted molar refractivity (Wildman–Crippen MR) is 67.6 cm³/mol. The van der Waals surface area contributed by atoms with Crippen LogP contribution in [0.4, 0.5) is 0 Å². The van der Waals surface area contributed by atoms with Crippen LogP contribution in [0.15, 0.2) is 22.6 Å². The molecule has 18 heavy (non-hydrogen) atoms. The maximum Gasteiger partial charge on any atom is 0.192 e. The number of hydrogen-bond donors (Lipinski definition) is 1. The zero-order valence-corrected chi connectivity index (χ0v) is 10.3. The van der Waals surface area contributed by atoms with Crippen LogP contribution in [-0.4, -0.2) is 4.98 Å². The number of nitrogens with zero attached hydrogens (tertiary/aromatic N) is 2. The Morgan fingerprint density at radius 1 is 1.50 bits per heavy atom. The van der Waals surface area contributed by atoms with Gasteiger partial charge in [-0.25, -0.2) is 4.98 Å². The van der Waals surface area contributed by atoms with Crippen LogP contribution in [0.25, 0.3) is 11.1 Å². The lowest BCUT2D eigenvalue weighted by molar-refractivity contribution is 0.169. The van der Waals surface area contributed by atoms with Crippen LogP contribution < -0.4 is 5.73 Å². The zero-order valence-electron chi connectivity index (χ0n) is 10.3. The van der Waals surface area contributed by atoms with Crippen molar-refractivity contribution in [3.05, 3.63) is 29.7 Å². The third kappa shape index (κ3) is 1.52. The van der Waals surface area contributed by atoms with Crippen LogP contribution in [0, 0.1) is 23.7 Å². The molecule has 1 aromatic carbocycles.